The Balaban J connectivity index is 2.11. The van der Waals surface area contributed by atoms with Gasteiger partial charge < -0.3 is 19.6 Å². The van der Waals surface area contributed by atoms with Gasteiger partial charge in [0.05, 0.1) is 20.8 Å². The van der Waals surface area contributed by atoms with Crippen LogP contribution in [0.4, 0.5) is 5.69 Å². The average molecular weight is 326 g/mol. The third-order valence-corrected chi connectivity index (χ3v) is 2.65. The van der Waals surface area contributed by atoms with Gasteiger partial charge in [0.25, 0.3) is 0 Å². The van der Waals surface area contributed by atoms with E-state index in [-0.39, 0.29) is 29.3 Å². The number of nitrogens with two attached hydrogens (primary N) is 1. The summed E-state index contributed by atoms with van der Waals surface area (Å²) >= 11 is 5.75. The number of ether oxygens (including phenoxy) is 2. The first-order valence-corrected chi connectivity index (χ1v) is 6.32. The first-order chi connectivity index (χ1) is 10.5. The normalized spacial score (nSPS) is 10.9. The van der Waals surface area contributed by atoms with Gasteiger partial charge in [-0.15, -0.1) is 0 Å². The number of aromatic nitrogens is 3. The van der Waals surface area contributed by atoms with E-state index in [1.165, 1.54) is 26.7 Å². The number of nitrogen functional groups attached to an aromatic ring is 1. The van der Waals surface area contributed by atoms with Gasteiger partial charge in [-0.3, -0.25) is 4.99 Å². The minimum atomic E-state index is -0.660. The summed E-state index contributed by atoms with van der Waals surface area (Å²) < 4.78 is 14.4. The largest absolute Gasteiger partial charge is 0.479 e. The maximum Gasteiger partial charge on any atom is 0.394 e. The zero-order valence-electron chi connectivity index (χ0n) is 11.7. The highest BCUT2D eigenvalue weighted by molar-refractivity contribution is 6.28. The van der Waals surface area contributed by atoms with Crippen molar-refractivity contribution in [1.29, 1.82) is 0 Å². The van der Waals surface area contributed by atoms with Crippen LogP contribution < -0.4 is 10.5 Å². The molecule has 0 bridgehead atoms. The smallest absolute Gasteiger partial charge is 0.394 e. The monoisotopic (exact) mass is 325 g/mol. The van der Waals surface area contributed by atoms with Crippen LogP contribution in [0.5, 0.6) is 5.88 Å². The number of methoxy groups -OCH3 is 2. The van der Waals surface area contributed by atoms with Crippen molar-refractivity contribution in [3.63, 3.8) is 0 Å². The van der Waals surface area contributed by atoms with Crippen molar-refractivity contribution in [2.75, 3.05) is 20.0 Å². The zero-order chi connectivity index (χ0) is 16.1. The first kappa shape index (κ1) is 15.7. The molecule has 2 N–H and O–H groups in total. The van der Waals surface area contributed by atoms with E-state index in [4.69, 9.17) is 26.5 Å². The Kier molecular flexibility index (Phi) is 4.89. The number of nitrogens with zero attached hydrogens (tertiary/aromatic N) is 4. The lowest BCUT2D eigenvalue weighted by Crippen LogP contribution is -2.04. The number of halogens is 1. The summed E-state index contributed by atoms with van der Waals surface area (Å²) in [5, 5.41) is -0.0121. The van der Waals surface area contributed by atoms with Crippen LogP contribution in [0, 0.1) is 0 Å². The standard InChI is InChI=1S/C12H12ClN5O4/c1-20-9-8(14)7(17-12(13)18-9)4-15-3-6-5-22-10(16-6)11(19)21-2/h4-5H,3,14H2,1-2H3. The molecule has 0 saturated carbocycles. The molecule has 9 nitrogen and oxygen atoms in total. The molecule has 0 atom stereocenters. The Morgan fingerprint density at radius 2 is 2.23 bits per heavy atom. The highest BCUT2D eigenvalue weighted by Gasteiger charge is 2.13. The van der Waals surface area contributed by atoms with Crippen LogP contribution in [-0.4, -0.2) is 41.4 Å². The Bertz CT molecular complexity index is 716. The third kappa shape index (κ3) is 3.50. The lowest BCUT2D eigenvalue weighted by Gasteiger charge is -2.05. The van der Waals surface area contributed by atoms with Gasteiger partial charge in [-0.05, 0) is 11.6 Å². The number of aliphatic imine (C=N–C) groups is 1. The number of carbonyl (C=O) groups is 1. The molecule has 2 rings (SSSR count). The molecule has 0 amide bonds. The number of rotatable bonds is 5. The molecule has 10 heteroatoms. The lowest BCUT2D eigenvalue weighted by atomic mass is 10.3. The van der Waals surface area contributed by atoms with Crippen LogP contribution in [0.15, 0.2) is 15.7 Å². The Labute approximate surface area is 130 Å². The van der Waals surface area contributed by atoms with Crippen molar-refractivity contribution >= 4 is 29.5 Å². The van der Waals surface area contributed by atoms with E-state index in [1.807, 2.05) is 0 Å². The molecule has 2 heterocycles. The van der Waals surface area contributed by atoms with Crippen LogP contribution in [0.2, 0.25) is 5.28 Å². The molecule has 0 aliphatic carbocycles. The van der Waals surface area contributed by atoms with Crippen LogP contribution in [0.1, 0.15) is 22.1 Å². The van der Waals surface area contributed by atoms with E-state index in [0.717, 1.165) is 0 Å². The van der Waals surface area contributed by atoms with E-state index in [1.54, 1.807) is 0 Å². The summed E-state index contributed by atoms with van der Waals surface area (Å²) in [6.45, 7) is 0.157. The Morgan fingerprint density at radius 3 is 2.91 bits per heavy atom. The molecular weight excluding hydrogens is 314 g/mol. The van der Waals surface area contributed by atoms with Gasteiger partial charge in [0, 0.05) is 6.21 Å². The fraction of sp³-hybridized carbons (Fsp3) is 0.250. The topological polar surface area (TPSA) is 126 Å². The van der Waals surface area contributed by atoms with Crippen LogP contribution in [0.25, 0.3) is 0 Å². The van der Waals surface area contributed by atoms with E-state index in [0.29, 0.717) is 11.4 Å². The van der Waals surface area contributed by atoms with E-state index in [9.17, 15) is 4.79 Å². The molecule has 2 aromatic rings. The molecule has 0 saturated heterocycles. The maximum atomic E-state index is 11.2. The predicted molar refractivity (Wildman–Crippen MR) is 77.1 cm³/mol. The molecule has 0 aromatic carbocycles. The van der Waals surface area contributed by atoms with Gasteiger partial charge in [-0.1, -0.05) is 0 Å². The third-order valence-electron chi connectivity index (χ3n) is 2.48. The van der Waals surface area contributed by atoms with Crippen LogP contribution in [-0.2, 0) is 11.3 Å². The molecule has 0 fully saturated rings. The molecule has 116 valence electrons. The summed E-state index contributed by atoms with van der Waals surface area (Å²) in [6.07, 6.45) is 2.71. The van der Waals surface area contributed by atoms with Gasteiger partial charge in [-0.2, -0.15) is 4.98 Å². The summed E-state index contributed by atoms with van der Waals surface area (Å²) in [5.41, 5.74) is 6.78. The van der Waals surface area contributed by atoms with Crippen molar-refractivity contribution in [3.8, 4) is 5.88 Å². The average Bonchev–Trinajstić information content (AvgIpc) is 2.98. The van der Waals surface area contributed by atoms with Crippen LogP contribution in [0.3, 0.4) is 0 Å². The van der Waals surface area contributed by atoms with Gasteiger partial charge in [0.1, 0.15) is 23.3 Å². The Morgan fingerprint density at radius 1 is 1.45 bits per heavy atom. The van der Waals surface area contributed by atoms with Crippen molar-refractivity contribution in [2.45, 2.75) is 6.54 Å². The Hall–Kier alpha value is -2.68. The molecule has 0 spiro atoms. The van der Waals surface area contributed by atoms with Crippen molar-refractivity contribution in [2.24, 2.45) is 4.99 Å². The molecule has 0 aliphatic rings. The number of oxazole rings is 1. The number of hydrogen-bond acceptors (Lipinski definition) is 9. The van der Waals surface area contributed by atoms with E-state index >= 15 is 0 Å². The molecular formula is C12H12ClN5O4. The fourth-order valence-electron chi connectivity index (χ4n) is 1.48. The van der Waals surface area contributed by atoms with Crippen LogP contribution >= 0.6 is 11.6 Å². The minimum Gasteiger partial charge on any atom is -0.479 e. The predicted octanol–water partition coefficient (Wildman–Crippen LogP) is 1.11. The highest BCUT2D eigenvalue weighted by Crippen LogP contribution is 2.21. The fourth-order valence-corrected chi connectivity index (χ4v) is 1.65. The van der Waals surface area contributed by atoms with Gasteiger partial charge in [-0.25, -0.2) is 14.8 Å². The second-order valence-electron chi connectivity index (χ2n) is 3.91. The SMILES string of the molecule is COC(=O)c1nc(CN=Cc2nc(Cl)nc(OC)c2N)co1. The number of hydrogen-bond donors (Lipinski definition) is 1. The molecule has 0 aliphatic heterocycles. The van der Waals surface area contributed by atoms with Crippen molar-refractivity contribution in [3.05, 3.63) is 28.8 Å². The molecule has 22 heavy (non-hydrogen) atoms. The lowest BCUT2D eigenvalue weighted by molar-refractivity contribution is 0.0556. The highest BCUT2D eigenvalue weighted by atomic mass is 35.5. The summed E-state index contributed by atoms with van der Waals surface area (Å²) in [7, 11) is 2.65. The molecule has 0 unspecified atom stereocenters. The maximum absolute atomic E-state index is 11.2. The first-order valence-electron chi connectivity index (χ1n) is 5.94. The second kappa shape index (κ2) is 6.85. The molecule has 2 aromatic heterocycles. The van der Waals surface area contributed by atoms with Crippen molar-refractivity contribution in [1.82, 2.24) is 15.0 Å². The van der Waals surface area contributed by atoms with E-state index in [2.05, 4.69) is 24.7 Å². The second-order valence-corrected chi connectivity index (χ2v) is 4.24. The van der Waals surface area contributed by atoms with Gasteiger partial charge in [0.2, 0.25) is 11.2 Å². The van der Waals surface area contributed by atoms with E-state index < -0.39 is 5.97 Å². The zero-order valence-corrected chi connectivity index (χ0v) is 12.5. The van der Waals surface area contributed by atoms with Gasteiger partial charge in [0.15, 0.2) is 0 Å². The number of carbonyl (C=O) groups excluding carboxylic acids is 1. The summed E-state index contributed by atoms with van der Waals surface area (Å²) in [5.74, 6) is -0.637. The quantitative estimate of drug-likeness (QED) is 0.492. The number of esters is 1. The molecule has 0 radical (unpaired) electrons. The van der Waals surface area contributed by atoms with Crippen molar-refractivity contribution < 1.29 is 18.7 Å². The summed E-state index contributed by atoms with van der Waals surface area (Å²) in [6, 6.07) is 0. The van der Waals surface area contributed by atoms with Gasteiger partial charge >= 0.3 is 11.9 Å². The summed E-state index contributed by atoms with van der Waals surface area (Å²) in [4.78, 5) is 27.0. The minimum absolute atomic E-state index is 0.0121. The number of anilines is 1.